The number of aryl methyl sites for hydroxylation is 2. The van der Waals surface area contributed by atoms with E-state index < -0.39 is 0 Å². The minimum absolute atomic E-state index is 0.754. The Morgan fingerprint density at radius 1 is 0.771 bits per heavy atom. The van der Waals surface area contributed by atoms with Crippen molar-refractivity contribution in [3.63, 3.8) is 0 Å². The summed E-state index contributed by atoms with van der Waals surface area (Å²) < 4.78 is 0. The summed E-state index contributed by atoms with van der Waals surface area (Å²) in [4.78, 5) is 2.54. The van der Waals surface area contributed by atoms with Gasteiger partial charge in [-0.05, 0) is 96.7 Å². The van der Waals surface area contributed by atoms with Crippen LogP contribution in [0.3, 0.4) is 0 Å². The van der Waals surface area contributed by atoms with Gasteiger partial charge in [-0.3, -0.25) is 0 Å². The van der Waals surface area contributed by atoms with Crippen LogP contribution in [0.4, 0.5) is 11.4 Å². The second-order valence-electron chi connectivity index (χ2n) is 9.95. The summed E-state index contributed by atoms with van der Waals surface area (Å²) in [5.41, 5.74) is 10.4. The van der Waals surface area contributed by atoms with Crippen LogP contribution in [0.1, 0.15) is 54.0 Å². The second kappa shape index (κ2) is 10.8. The van der Waals surface area contributed by atoms with Crippen molar-refractivity contribution in [2.24, 2.45) is 5.92 Å². The fourth-order valence-corrected chi connectivity index (χ4v) is 5.15. The van der Waals surface area contributed by atoms with Crippen molar-refractivity contribution in [1.82, 2.24) is 0 Å². The molecule has 1 unspecified atom stereocenters. The quantitative estimate of drug-likeness (QED) is 0.276. The zero-order valence-electron chi connectivity index (χ0n) is 21.0. The zero-order chi connectivity index (χ0) is 24.0. The summed E-state index contributed by atoms with van der Waals surface area (Å²) >= 11 is 0. The lowest BCUT2D eigenvalue weighted by Gasteiger charge is -2.27. The summed E-state index contributed by atoms with van der Waals surface area (Å²) in [7, 11) is 0. The highest BCUT2D eigenvalue weighted by Crippen LogP contribution is 2.35. The summed E-state index contributed by atoms with van der Waals surface area (Å²) in [6, 6.07) is 37.6. The van der Waals surface area contributed by atoms with Gasteiger partial charge in [0.05, 0.1) is 0 Å². The fraction of sp³-hybridized carbons (Fsp3) is 0.235. The van der Waals surface area contributed by atoms with E-state index in [1.807, 2.05) is 0 Å². The first kappa shape index (κ1) is 23.2. The van der Waals surface area contributed by atoms with E-state index in [9.17, 15) is 0 Å². The first-order valence-corrected chi connectivity index (χ1v) is 13.0. The largest absolute Gasteiger partial charge is 0.341 e. The molecule has 0 spiro atoms. The van der Waals surface area contributed by atoms with Gasteiger partial charge in [-0.2, -0.15) is 0 Å². The molecule has 1 heteroatoms. The molecule has 0 saturated carbocycles. The summed E-state index contributed by atoms with van der Waals surface area (Å²) in [5.74, 6) is 0.754. The Morgan fingerprint density at radius 2 is 1.43 bits per heavy atom. The molecule has 0 fully saturated rings. The number of rotatable bonds is 4. The van der Waals surface area contributed by atoms with Gasteiger partial charge in [0.2, 0.25) is 0 Å². The lowest BCUT2D eigenvalue weighted by Crippen LogP contribution is -2.19. The average molecular weight is 458 g/mol. The Morgan fingerprint density at radius 3 is 2.09 bits per heavy atom. The Bertz CT molecular complexity index is 1230. The SMILES string of the molecule is Cc1ccc(N2CCCC(C)CCc3cc(C=C(c4ccccc4)c4ccccc4)ccc32)cc1. The molecule has 1 aliphatic rings. The van der Waals surface area contributed by atoms with E-state index in [0.717, 1.165) is 18.9 Å². The highest BCUT2D eigenvalue weighted by atomic mass is 15.1. The van der Waals surface area contributed by atoms with Crippen LogP contribution in [-0.4, -0.2) is 6.54 Å². The monoisotopic (exact) mass is 457 g/mol. The van der Waals surface area contributed by atoms with Gasteiger partial charge in [0, 0.05) is 17.9 Å². The molecule has 1 atom stereocenters. The number of nitrogens with zero attached hydrogens (tertiary/aromatic N) is 1. The van der Waals surface area contributed by atoms with E-state index in [0.29, 0.717) is 0 Å². The van der Waals surface area contributed by atoms with Gasteiger partial charge in [-0.25, -0.2) is 0 Å². The van der Waals surface area contributed by atoms with Crippen molar-refractivity contribution < 1.29 is 0 Å². The first-order valence-electron chi connectivity index (χ1n) is 13.0. The topological polar surface area (TPSA) is 3.24 Å². The maximum atomic E-state index is 2.54. The molecule has 0 amide bonds. The molecule has 0 radical (unpaired) electrons. The Hall–Kier alpha value is -3.58. The first-order chi connectivity index (χ1) is 17.2. The van der Waals surface area contributed by atoms with Crippen molar-refractivity contribution >= 4 is 23.0 Å². The van der Waals surface area contributed by atoms with Gasteiger partial charge in [-0.15, -0.1) is 0 Å². The van der Waals surface area contributed by atoms with Gasteiger partial charge < -0.3 is 4.90 Å². The van der Waals surface area contributed by atoms with E-state index in [4.69, 9.17) is 0 Å². The normalized spacial score (nSPS) is 15.9. The molecule has 0 N–H and O–H groups in total. The van der Waals surface area contributed by atoms with Crippen LogP contribution in [0.2, 0.25) is 0 Å². The Labute approximate surface area is 210 Å². The molecule has 4 aromatic carbocycles. The van der Waals surface area contributed by atoms with E-state index >= 15 is 0 Å². The molecule has 176 valence electrons. The van der Waals surface area contributed by atoms with Crippen molar-refractivity contribution in [3.05, 3.63) is 131 Å². The standard InChI is InChI=1S/C34H35N/c1-26-10-9-23-35(32-20-16-27(2)17-21-32)34-22-18-28(24-31(34)19-15-26)25-33(29-11-5-3-6-12-29)30-13-7-4-8-14-30/h3-8,11-14,16-18,20-22,24-26H,9-10,15,19,23H2,1-2H3. The maximum Gasteiger partial charge on any atom is 0.0443 e. The fourth-order valence-electron chi connectivity index (χ4n) is 5.15. The van der Waals surface area contributed by atoms with E-state index in [2.05, 4.69) is 128 Å². The van der Waals surface area contributed by atoms with Crippen LogP contribution in [0, 0.1) is 12.8 Å². The van der Waals surface area contributed by atoms with Crippen LogP contribution in [0.25, 0.3) is 11.6 Å². The predicted molar refractivity (Wildman–Crippen MR) is 151 cm³/mol. The van der Waals surface area contributed by atoms with Gasteiger partial charge in [0.1, 0.15) is 0 Å². The number of benzene rings is 4. The second-order valence-corrected chi connectivity index (χ2v) is 9.95. The number of hydrogen-bond acceptors (Lipinski definition) is 1. The van der Waals surface area contributed by atoms with Gasteiger partial charge in [0.15, 0.2) is 0 Å². The lowest BCUT2D eigenvalue weighted by atomic mass is 9.93. The van der Waals surface area contributed by atoms with Gasteiger partial charge >= 0.3 is 0 Å². The summed E-state index contributed by atoms with van der Waals surface area (Å²) in [6.07, 6.45) is 7.23. The van der Waals surface area contributed by atoms with E-state index in [-0.39, 0.29) is 0 Å². The highest BCUT2D eigenvalue weighted by molar-refractivity contribution is 5.91. The van der Waals surface area contributed by atoms with Crippen LogP contribution >= 0.6 is 0 Å². The summed E-state index contributed by atoms with van der Waals surface area (Å²) in [6.45, 7) is 5.64. The van der Waals surface area contributed by atoms with Gasteiger partial charge in [0.25, 0.3) is 0 Å². The third kappa shape index (κ3) is 5.57. The smallest absolute Gasteiger partial charge is 0.0443 e. The maximum absolute atomic E-state index is 2.54. The molecule has 35 heavy (non-hydrogen) atoms. The van der Waals surface area contributed by atoms with Crippen molar-refractivity contribution in [2.45, 2.75) is 39.5 Å². The number of anilines is 2. The number of fused-ring (bicyclic) bond motifs is 1. The molecule has 0 aliphatic carbocycles. The molecular formula is C34H35N. The third-order valence-electron chi connectivity index (χ3n) is 7.21. The Balaban J connectivity index is 1.59. The van der Waals surface area contributed by atoms with Crippen LogP contribution in [0.15, 0.2) is 103 Å². The van der Waals surface area contributed by atoms with Gasteiger partial charge in [-0.1, -0.05) is 91.3 Å². The third-order valence-corrected chi connectivity index (χ3v) is 7.21. The minimum atomic E-state index is 0.754. The highest BCUT2D eigenvalue weighted by Gasteiger charge is 2.18. The predicted octanol–water partition coefficient (Wildman–Crippen LogP) is 9.08. The van der Waals surface area contributed by atoms with Crippen LogP contribution in [0.5, 0.6) is 0 Å². The van der Waals surface area contributed by atoms with Crippen LogP contribution < -0.4 is 4.90 Å². The molecule has 1 nitrogen and oxygen atoms in total. The van der Waals surface area contributed by atoms with E-state index in [1.165, 1.54) is 64.0 Å². The molecule has 1 aliphatic heterocycles. The van der Waals surface area contributed by atoms with E-state index in [1.54, 1.807) is 0 Å². The van der Waals surface area contributed by atoms with Crippen LogP contribution in [-0.2, 0) is 6.42 Å². The molecule has 5 rings (SSSR count). The molecule has 1 heterocycles. The van der Waals surface area contributed by atoms with Crippen molar-refractivity contribution in [1.29, 1.82) is 0 Å². The lowest BCUT2D eigenvalue weighted by molar-refractivity contribution is 0.483. The molecule has 0 bridgehead atoms. The minimum Gasteiger partial charge on any atom is -0.341 e. The molecular weight excluding hydrogens is 422 g/mol. The van der Waals surface area contributed by atoms with Crippen molar-refractivity contribution in [3.8, 4) is 0 Å². The molecule has 4 aromatic rings. The number of hydrogen-bond donors (Lipinski definition) is 0. The van der Waals surface area contributed by atoms with Crippen molar-refractivity contribution in [2.75, 3.05) is 11.4 Å². The molecule has 0 saturated heterocycles. The molecule has 0 aromatic heterocycles. The average Bonchev–Trinajstić information content (AvgIpc) is 2.98. The Kier molecular flexibility index (Phi) is 7.14. The summed E-state index contributed by atoms with van der Waals surface area (Å²) in [5, 5.41) is 0. The zero-order valence-corrected chi connectivity index (χ0v) is 21.0.